The smallest absolute Gasteiger partial charge is 0.0707 e. The highest BCUT2D eigenvalue weighted by atomic mass is 14.6. The van der Waals surface area contributed by atoms with Crippen LogP contribution in [0.15, 0.2) is 127 Å². The van der Waals surface area contributed by atoms with Crippen molar-refractivity contribution in [3.05, 3.63) is 160 Å². The van der Waals surface area contributed by atoms with E-state index in [0.717, 1.165) is 22.5 Å². The Morgan fingerprint density at radius 2 is 1.26 bits per heavy atom. The zero-order chi connectivity index (χ0) is 24.2. The Morgan fingerprint density at radius 1 is 0.743 bits per heavy atom. The van der Waals surface area contributed by atoms with Gasteiger partial charge in [-0.25, -0.2) is 0 Å². The Kier molecular flexibility index (Phi) is 4.79. The molecular formula is C33H28N2. The van der Waals surface area contributed by atoms with E-state index in [9.17, 15) is 0 Å². The van der Waals surface area contributed by atoms with Gasteiger partial charge in [0, 0.05) is 17.3 Å². The number of hydrogen-bond acceptors (Lipinski definition) is 2. The van der Waals surface area contributed by atoms with Gasteiger partial charge in [0.05, 0.1) is 5.41 Å². The molecule has 0 unspecified atom stereocenters. The fraction of sp³-hybridized carbons (Fsp3) is 0.0909. The molecule has 4 aromatic rings. The van der Waals surface area contributed by atoms with Crippen LogP contribution in [0.3, 0.4) is 0 Å². The average Bonchev–Trinajstić information content (AvgIpc) is 2.89. The SMILES string of the molecule is C=C/C(=C\C1=C(C)C2c3ccccc3C1(c1ccc(N)cc1)c1ccccc12)c1ccc(N)cc1. The van der Waals surface area contributed by atoms with Crippen molar-refractivity contribution in [1.29, 1.82) is 0 Å². The normalized spacial score (nSPS) is 20.4. The van der Waals surface area contributed by atoms with Gasteiger partial charge in [0.25, 0.3) is 0 Å². The summed E-state index contributed by atoms with van der Waals surface area (Å²) in [5.41, 5.74) is 24.7. The van der Waals surface area contributed by atoms with E-state index in [-0.39, 0.29) is 5.92 Å². The number of rotatable bonds is 4. The summed E-state index contributed by atoms with van der Waals surface area (Å²) in [4.78, 5) is 0. The van der Waals surface area contributed by atoms with Crippen LogP contribution in [0.1, 0.15) is 46.2 Å². The van der Waals surface area contributed by atoms with Crippen LogP contribution in [0.25, 0.3) is 5.57 Å². The van der Waals surface area contributed by atoms with Crippen molar-refractivity contribution in [2.45, 2.75) is 18.3 Å². The minimum atomic E-state index is -0.443. The monoisotopic (exact) mass is 452 g/mol. The molecule has 2 bridgehead atoms. The zero-order valence-corrected chi connectivity index (χ0v) is 19.8. The maximum atomic E-state index is 6.14. The second kappa shape index (κ2) is 7.89. The van der Waals surface area contributed by atoms with Crippen LogP contribution in [0.4, 0.5) is 11.4 Å². The second-order valence-electron chi connectivity index (χ2n) is 9.50. The van der Waals surface area contributed by atoms with Gasteiger partial charge in [-0.15, -0.1) is 0 Å². The average molecular weight is 453 g/mol. The molecule has 3 aliphatic carbocycles. The molecule has 0 aliphatic heterocycles. The van der Waals surface area contributed by atoms with E-state index in [2.05, 4.69) is 92.4 Å². The summed E-state index contributed by atoms with van der Waals surface area (Å²) < 4.78 is 0. The largest absolute Gasteiger partial charge is 0.399 e. The minimum Gasteiger partial charge on any atom is -0.399 e. The molecular weight excluding hydrogens is 424 g/mol. The van der Waals surface area contributed by atoms with Crippen LogP contribution in [-0.2, 0) is 5.41 Å². The van der Waals surface area contributed by atoms with E-state index in [1.54, 1.807) is 0 Å². The molecule has 2 heteroatoms. The quantitative estimate of drug-likeness (QED) is 0.253. The van der Waals surface area contributed by atoms with Crippen LogP contribution >= 0.6 is 0 Å². The van der Waals surface area contributed by atoms with Crippen molar-refractivity contribution in [1.82, 2.24) is 0 Å². The van der Waals surface area contributed by atoms with E-state index in [4.69, 9.17) is 11.5 Å². The molecule has 170 valence electrons. The predicted molar refractivity (Wildman–Crippen MR) is 147 cm³/mol. The van der Waals surface area contributed by atoms with Crippen molar-refractivity contribution in [2.75, 3.05) is 11.5 Å². The molecule has 4 N–H and O–H groups in total. The molecule has 0 amide bonds. The summed E-state index contributed by atoms with van der Waals surface area (Å²) in [6.45, 7) is 6.46. The van der Waals surface area contributed by atoms with E-state index in [1.165, 1.54) is 39.0 Å². The van der Waals surface area contributed by atoms with Crippen molar-refractivity contribution < 1.29 is 0 Å². The first-order valence-corrected chi connectivity index (χ1v) is 12.0. The lowest BCUT2D eigenvalue weighted by atomic mass is 9.51. The van der Waals surface area contributed by atoms with Gasteiger partial charge < -0.3 is 11.5 Å². The Hall–Kier alpha value is -4.30. The molecule has 2 nitrogen and oxygen atoms in total. The highest BCUT2D eigenvalue weighted by Crippen LogP contribution is 2.62. The molecule has 0 aromatic heterocycles. The number of hydrogen-bond donors (Lipinski definition) is 2. The predicted octanol–water partition coefficient (Wildman–Crippen LogP) is 7.23. The minimum absolute atomic E-state index is 0.224. The fourth-order valence-corrected chi connectivity index (χ4v) is 6.21. The van der Waals surface area contributed by atoms with Crippen LogP contribution in [0.2, 0.25) is 0 Å². The molecule has 0 heterocycles. The Morgan fingerprint density at radius 3 is 1.80 bits per heavy atom. The van der Waals surface area contributed by atoms with Gasteiger partial charge in [0.15, 0.2) is 0 Å². The first kappa shape index (κ1) is 21.2. The maximum Gasteiger partial charge on any atom is 0.0707 e. The molecule has 0 spiro atoms. The van der Waals surface area contributed by atoms with E-state index in [0.29, 0.717) is 0 Å². The topological polar surface area (TPSA) is 52.0 Å². The number of nitrogen functional groups attached to an aromatic ring is 2. The van der Waals surface area contributed by atoms with Gasteiger partial charge >= 0.3 is 0 Å². The van der Waals surface area contributed by atoms with Gasteiger partial charge in [0.2, 0.25) is 0 Å². The third-order valence-corrected chi connectivity index (χ3v) is 7.72. The van der Waals surface area contributed by atoms with Crippen molar-refractivity contribution in [3.8, 4) is 0 Å². The molecule has 0 radical (unpaired) electrons. The van der Waals surface area contributed by atoms with Gasteiger partial charge in [0.1, 0.15) is 0 Å². The highest BCUT2D eigenvalue weighted by molar-refractivity contribution is 5.82. The zero-order valence-electron chi connectivity index (χ0n) is 19.8. The first-order valence-electron chi connectivity index (χ1n) is 12.0. The molecule has 0 saturated carbocycles. The summed E-state index contributed by atoms with van der Waals surface area (Å²) in [6, 6.07) is 34.2. The van der Waals surface area contributed by atoms with Gasteiger partial charge in [-0.3, -0.25) is 0 Å². The van der Waals surface area contributed by atoms with Crippen LogP contribution in [-0.4, -0.2) is 0 Å². The van der Waals surface area contributed by atoms with Crippen LogP contribution in [0, 0.1) is 0 Å². The van der Waals surface area contributed by atoms with Gasteiger partial charge in [-0.1, -0.05) is 91.0 Å². The number of benzene rings is 4. The highest BCUT2D eigenvalue weighted by Gasteiger charge is 2.52. The van der Waals surface area contributed by atoms with E-state index >= 15 is 0 Å². The molecule has 35 heavy (non-hydrogen) atoms. The van der Waals surface area contributed by atoms with E-state index < -0.39 is 5.41 Å². The van der Waals surface area contributed by atoms with Crippen LogP contribution < -0.4 is 11.5 Å². The molecule has 3 aliphatic rings. The summed E-state index contributed by atoms with van der Waals surface area (Å²) >= 11 is 0. The third kappa shape index (κ3) is 2.96. The summed E-state index contributed by atoms with van der Waals surface area (Å²) in [7, 11) is 0. The van der Waals surface area contributed by atoms with Crippen molar-refractivity contribution >= 4 is 16.9 Å². The fourth-order valence-electron chi connectivity index (χ4n) is 6.21. The van der Waals surface area contributed by atoms with Crippen LogP contribution in [0.5, 0.6) is 0 Å². The summed E-state index contributed by atoms with van der Waals surface area (Å²) in [6.07, 6.45) is 4.28. The lowest BCUT2D eigenvalue weighted by Gasteiger charge is -2.51. The number of allylic oxidation sites excluding steroid dienone is 5. The maximum absolute atomic E-state index is 6.14. The molecule has 0 fully saturated rings. The Bertz CT molecular complexity index is 1470. The third-order valence-electron chi connectivity index (χ3n) is 7.72. The van der Waals surface area contributed by atoms with Crippen molar-refractivity contribution in [3.63, 3.8) is 0 Å². The number of anilines is 2. The lowest BCUT2D eigenvalue weighted by molar-refractivity contribution is 0.624. The first-order chi connectivity index (χ1) is 17.1. The summed E-state index contributed by atoms with van der Waals surface area (Å²) in [5.74, 6) is 0.224. The molecule has 4 aromatic carbocycles. The standard InChI is InChI=1S/C33H28N2/c1-3-22(23-12-16-25(34)17-13-23)20-31-21(2)32-27-8-4-6-10-29(27)33(31,24-14-18-26(35)19-15-24)30-11-7-5-9-28(30)32/h3-20,32H,1,34-35H2,2H3/b22-20+. The molecule has 0 atom stereocenters. The molecule has 7 rings (SSSR count). The second-order valence-corrected chi connectivity index (χ2v) is 9.50. The van der Waals surface area contributed by atoms with Gasteiger partial charge in [-0.2, -0.15) is 0 Å². The Labute approximate surface area is 206 Å². The van der Waals surface area contributed by atoms with Gasteiger partial charge in [-0.05, 0) is 81.8 Å². The summed E-state index contributed by atoms with van der Waals surface area (Å²) in [5, 5.41) is 0. The lowest BCUT2D eigenvalue weighted by Crippen LogP contribution is -2.42. The number of nitrogens with two attached hydrogens (primary N) is 2. The van der Waals surface area contributed by atoms with Crippen molar-refractivity contribution in [2.24, 2.45) is 0 Å². The Balaban J connectivity index is 1.72. The van der Waals surface area contributed by atoms with E-state index in [1.807, 2.05) is 30.3 Å². The molecule has 0 saturated heterocycles.